The summed E-state index contributed by atoms with van der Waals surface area (Å²) < 4.78 is 4.32. The number of imidazole rings is 2. The fraction of sp³-hybridized carbons (Fsp3) is 0.111. The minimum atomic E-state index is 0.723. The molecule has 0 radical (unpaired) electrons. The van der Waals surface area contributed by atoms with Crippen LogP contribution in [0.3, 0.4) is 0 Å². The summed E-state index contributed by atoms with van der Waals surface area (Å²) in [6.07, 6.45) is 5.77. The summed E-state index contributed by atoms with van der Waals surface area (Å²) in [5.41, 5.74) is 3.43. The molecule has 4 rings (SSSR count). The van der Waals surface area contributed by atoms with Gasteiger partial charge in [-0.3, -0.25) is 0 Å². The van der Waals surface area contributed by atoms with Crippen LogP contribution in [0, 0.1) is 0 Å². The predicted molar refractivity (Wildman–Crippen MR) is 86.6 cm³/mol. The Labute approximate surface area is 128 Å². The Morgan fingerprint density at radius 2 is 1.59 bits per heavy atom. The number of fused-ring (bicyclic) bond motifs is 1. The summed E-state index contributed by atoms with van der Waals surface area (Å²) in [5, 5.41) is 0. The van der Waals surface area contributed by atoms with Gasteiger partial charge in [0.15, 0.2) is 0 Å². The zero-order chi connectivity index (χ0) is 14.8. The summed E-state index contributed by atoms with van der Waals surface area (Å²) in [5.74, 6) is 1.03. The molecule has 0 aliphatic rings. The van der Waals surface area contributed by atoms with Gasteiger partial charge in [-0.2, -0.15) is 0 Å². The molecular weight excluding hydrogens is 272 g/mol. The van der Waals surface area contributed by atoms with Crippen LogP contribution in [-0.2, 0) is 13.1 Å². The molecule has 0 aliphatic carbocycles. The van der Waals surface area contributed by atoms with Gasteiger partial charge in [0.1, 0.15) is 5.82 Å². The first-order chi connectivity index (χ1) is 10.9. The standard InChI is InChI=1S/C18H16N4/c1-2-6-15(7-3-1)12-21-11-10-19-18(21)13-22-14-20-16-8-4-5-9-17(16)22/h1-11,14H,12-13H2. The van der Waals surface area contributed by atoms with E-state index in [1.54, 1.807) is 0 Å². The molecule has 0 saturated heterocycles. The van der Waals surface area contributed by atoms with Crippen LogP contribution in [0.4, 0.5) is 0 Å². The van der Waals surface area contributed by atoms with E-state index in [1.165, 1.54) is 5.56 Å². The molecule has 2 aromatic heterocycles. The summed E-state index contributed by atoms with van der Waals surface area (Å²) in [4.78, 5) is 8.95. The van der Waals surface area contributed by atoms with Gasteiger partial charge < -0.3 is 9.13 Å². The lowest BCUT2D eigenvalue weighted by atomic mass is 10.2. The molecule has 0 N–H and O–H groups in total. The number of para-hydroxylation sites is 2. The summed E-state index contributed by atoms with van der Waals surface area (Å²) in [7, 11) is 0. The molecule has 0 saturated carbocycles. The molecule has 0 bridgehead atoms. The monoisotopic (exact) mass is 288 g/mol. The molecule has 0 fully saturated rings. The maximum Gasteiger partial charge on any atom is 0.129 e. The minimum absolute atomic E-state index is 0.723. The number of rotatable bonds is 4. The minimum Gasteiger partial charge on any atom is -0.329 e. The van der Waals surface area contributed by atoms with Crippen LogP contribution in [0.1, 0.15) is 11.4 Å². The molecule has 4 nitrogen and oxygen atoms in total. The van der Waals surface area contributed by atoms with Crippen molar-refractivity contribution >= 4 is 11.0 Å². The molecule has 0 unspecified atom stereocenters. The van der Waals surface area contributed by atoms with Crippen molar-refractivity contribution in [2.24, 2.45) is 0 Å². The van der Waals surface area contributed by atoms with Crippen LogP contribution in [0.15, 0.2) is 73.3 Å². The second kappa shape index (κ2) is 5.48. The summed E-state index contributed by atoms with van der Waals surface area (Å²) in [6.45, 7) is 1.56. The second-order valence-corrected chi connectivity index (χ2v) is 5.32. The van der Waals surface area contributed by atoms with Gasteiger partial charge in [-0.25, -0.2) is 9.97 Å². The van der Waals surface area contributed by atoms with E-state index in [1.807, 2.05) is 43.0 Å². The van der Waals surface area contributed by atoms with Gasteiger partial charge in [0.2, 0.25) is 0 Å². The second-order valence-electron chi connectivity index (χ2n) is 5.32. The van der Waals surface area contributed by atoms with Crippen molar-refractivity contribution in [3.63, 3.8) is 0 Å². The lowest BCUT2D eigenvalue weighted by Crippen LogP contribution is -2.08. The Kier molecular flexibility index (Phi) is 3.20. The molecule has 0 spiro atoms. The lowest BCUT2D eigenvalue weighted by molar-refractivity contribution is 0.676. The van der Waals surface area contributed by atoms with E-state index in [2.05, 4.69) is 49.4 Å². The van der Waals surface area contributed by atoms with Crippen molar-refractivity contribution < 1.29 is 0 Å². The highest BCUT2D eigenvalue weighted by Crippen LogP contribution is 2.14. The fourth-order valence-corrected chi connectivity index (χ4v) is 2.70. The van der Waals surface area contributed by atoms with E-state index in [9.17, 15) is 0 Å². The first-order valence-electron chi connectivity index (χ1n) is 7.34. The van der Waals surface area contributed by atoms with Gasteiger partial charge in [0.25, 0.3) is 0 Å². The smallest absolute Gasteiger partial charge is 0.129 e. The van der Waals surface area contributed by atoms with Gasteiger partial charge in [0, 0.05) is 18.9 Å². The molecule has 2 aromatic carbocycles. The Morgan fingerprint density at radius 1 is 0.773 bits per heavy atom. The summed E-state index contributed by atoms with van der Waals surface area (Å²) in [6, 6.07) is 18.6. The zero-order valence-electron chi connectivity index (χ0n) is 12.1. The van der Waals surface area contributed by atoms with Crippen molar-refractivity contribution in [1.29, 1.82) is 0 Å². The van der Waals surface area contributed by atoms with Gasteiger partial charge in [-0.05, 0) is 17.7 Å². The van der Waals surface area contributed by atoms with E-state index in [0.29, 0.717) is 0 Å². The number of aromatic nitrogens is 4. The van der Waals surface area contributed by atoms with Crippen LogP contribution in [0.25, 0.3) is 11.0 Å². The van der Waals surface area contributed by atoms with Crippen LogP contribution in [0.5, 0.6) is 0 Å². The van der Waals surface area contributed by atoms with Crippen molar-refractivity contribution in [1.82, 2.24) is 19.1 Å². The highest BCUT2D eigenvalue weighted by Gasteiger charge is 2.07. The quantitative estimate of drug-likeness (QED) is 0.577. The number of benzene rings is 2. The normalized spacial score (nSPS) is 11.1. The van der Waals surface area contributed by atoms with Gasteiger partial charge in [-0.15, -0.1) is 0 Å². The van der Waals surface area contributed by atoms with Crippen LogP contribution >= 0.6 is 0 Å². The zero-order valence-corrected chi connectivity index (χ0v) is 12.1. The number of hydrogen-bond donors (Lipinski definition) is 0. The summed E-state index contributed by atoms with van der Waals surface area (Å²) >= 11 is 0. The molecule has 4 heteroatoms. The Bertz CT molecular complexity index is 890. The molecule has 22 heavy (non-hydrogen) atoms. The highest BCUT2D eigenvalue weighted by atomic mass is 15.1. The Hall–Kier alpha value is -2.88. The SMILES string of the molecule is c1ccc(Cn2ccnc2Cn2cnc3ccccc32)cc1. The van der Waals surface area contributed by atoms with E-state index in [-0.39, 0.29) is 0 Å². The molecular formula is C18H16N4. The van der Waals surface area contributed by atoms with Crippen molar-refractivity contribution in [3.8, 4) is 0 Å². The van der Waals surface area contributed by atoms with Crippen molar-refractivity contribution in [2.75, 3.05) is 0 Å². The third-order valence-corrected chi connectivity index (χ3v) is 3.84. The molecule has 0 amide bonds. The first-order valence-corrected chi connectivity index (χ1v) is 7.34. The topological polar surface area (TPSA) is 35.6 Å². The van der Waals surface area contributed by atoms with E-state index >= 15 is 0 Å². The van der Waals surface area contributed by atoms with Crippen molar-refractivity contribution in [2.45, 2.75) is 13.1 Å². The maximum absolute atomic E-state index is 4.51. The van der Waals surface area contributed by atoms with Gasteiger partial charge in [-0.1, -0.05) is 42.5 Å². The highest BCUT2D eigenvalue weighted by molar-refractivity contribution is 5.74. The fourth-order valence-electron chi connectivity index (χ4n) is 2.70. The molecule has 0 atom stereocenters. The Morgan fingerprint density at radius 3 is 2.50 bits per heavy atom. The van der Waals surface area contributed by atoms with E-state index in [0.717, 1.165) is 29.9 Å². The number of nitrogens with zero attached hydrogens (tertiary/aromatic N) is 4. The predicted octanol–water partition coefficient (Wildman–Crippen LogP) is 3.33. The average Bonchev–Trinajstić information content (AvgIpc) is 3.17. The van der Waals surface area contributed by atoms with Crippen molar-refractivity contribution in [3.05, 3.63) is 84.7 Å². The van der Waals surface area contributed by atoms with E-state index in [4.69, 9.17) is 0 Å². The molecule has 0 aliphatic heterocycles. The third-order valence-electron chi connectivity index (χ3n) is 3.84. The van der Waals surface area contributed by atoms with Crippen LogP contribution in [-0.4, -0.2) is 19.1 Å². The van der Waals surface area contributed by atoms with E-state index < -0.39 is 0 Å². The average molecular weight is 288 g/mol. The Balaban J connectivity index is 1.63. The first kappa shape index (κ1) is 12.8. The molecule has 4 aromatic rings. The maximum atomic E-state index is 4.51. The lowest BCUT2D eigenvalue weighted by Gasteiger charge is -2.09. The molecule has 108 valence electrons. The number of hydrogen-bond acceptors (Lipinski definition) is 2. The largest absolute Gasteiger partial charge is 0.329 e. The third kappa shape index (κ3) is 2.39. The van der Waals surface area contributed by atoms with Gasteiger partial charge >= 0.3 is 0 Å². The van der Waals surface area contributed by atoms with Crippen LogP contribution in [0.2, 0.25) is 0 Å². The molecule has 2 heterocycles. The van der Waals surface area contributed by atoms with Gasteiger partial charge in [0.05, 0.1) is 23.9 Å². The van der Waals surface area contributed by atoms with Crippen LogP contribution < -0.4 is 0 Å².